The van der Waals surface area contributed by atoms with Crippen LogP contribution in [0.25, 0.3) is 5.57 Å². The lowest BCUT2D eigenvalue weighted by molar-refractivity contribution is 0.413. The van der Waals surface area contributed by atoms with Crippen LogP contribution in [0.5, 0.6) is 5.75 Å². The molecule has 0 aromatic heterocycles. The molecule has 17 heavy (non-hydrogen) atoms. The zero-order valence-corrected chi connectivity index (χ0v) is 9.81. The number of rotatable bonds is 2. The number of para-hydroxylation sites is 1. The molecule has 0 unspecified atom stereocenters. The van der Waals surface area contributed by atoms with E-state index in [-0.39, 0.29) is 0 Å². The number of hydrogen-bond acceptors (Lipinski definition) is 1. The summed E-state index contributed by atoms with van der Waals surface area (Å²) in [6, 6.07) is 16.7. The van der Waals surface area contributed by atoms with E-state index in [4.69, 9.17) is 4.74 Å². The molecule has 1 nitrogen and oxygen atoms in total. The van der Waals surface area contributed by atoms with Gasteiger partial charge in [-0.25, -0.2) is 0 Å². The van der Waals surface area contributed by atoms with Crippen molar-refractivity contribution >= 4 is 5.57 Å². The minimum atomic E-state index is 0.940. The van der Waals surface area contributed by atoms with Gasteiger partial charge in [0, 0.05) is 5.56 Å². The van der Waals surface area contributed by atoms with Gasteiger partial charge in [0.1, 0.15) is 5.75 Å². The van der Waals surface area contributed by atoms with Crippen molar-refractivity contribution < 1.29 is 4.74 Å². The maximum absolute atomic E-state index is 5.43. The fourth-order valence-electron chi connectivity index (χ4n) is 2.41. The van der Waals surface area contributed by atoms with E-state index in [9.17, 15) is 0 Å². The molecular weight excluding hydrogens is 208 g/mol. The molecule has 0 saturated heterocycles. The maximum Gasteiger partial charge on any atom is 0.126 e. The van der Waals surface area contributed by atoms with E-state index in [0.29, 0.717) is 0 Å². The molecule has 0 saturated carbocycles. The van der Waals surface area contributed by atoms with Crippen molar-refractivity contribution in [3.05, 3.63) is 71.3 Å². The van der Waals surface area contributed by atoms with Gasteiger partial charge in [0.05, 0.1) is 7.11 Å². The highest BCUT2D eigenvalue weighted by Gasteiger charge is 2.17. The van der Waals surface area contributed by atoms with Crippen molar-refractivity contribution in [3.63, 3.8) is 0 Å². The van der Waals surface area contributed by atoms with E-state index >= 15 is 0 Å². The van der Waals surface area contributed by atoms with Gasteiger partial charge >= 0.3 is 0 Å². The number of methoxy groups -OCH3 is 1. The average molecular weight is 222 g/mol. The van der Waals surface area contributed by atoms with Crippen LogP contribution in [0.15, 0.2) is 54.6 Å². The molecule has 1 heteroatoms. The Morgan fingerprint density at radius 2 is 1.59 bits per heavy atom. The summed E-state index contributed by atoms with van der Waals surface area (Å²) in [7, 11) is 1.72. The summed E-state index contributed by atoms with van der Waals surface area (Å²) in [5.41, 5.74) is 5.20. The van der Waals surface area contributed by atoms with Crippen LogP contribution in [-0.4, -0.2) is 7.11 Å². The topological polar surface area (TPSA) is 9.23 Å². The van der Waals surface area contributed by atoms with Crippen molar-refractivity contribution in [1.82, 2.24) is 0 Å². The summed E-state index contributed by atoms with van der Waals surface area (Å²) < 4.78 is 5.43. The standard InChI is InChI=1S/C16H14O/c1-17-16-9-5-4-8-15(16)14-11-10-12-6-2-3-7-13(12)14/h2-9,11H,10H2,1H3. The Kier molecular flexibility index (Phi) is 2.45. The molecule has 0 N–H and O–H groups in total. The molecule has 1 aliphatic rings. The monoisotopic (exact) mass is 222 g/mol. The predicted molar refractivity (Wildman–Crippen MR) is 70.2 cm³/mol. The van der Waals surface area contributed by atoms with Gasteiger partial charge in [-0.15, -0.1) is 0 Å². The van der Waals surface area contributed by atoms with Crippen LogP contribution < -0.4 is 4.74 Å². The van der Waals surface area contributed by atoms with Crippen LogP contribution in [0.3, 0.4) is 0 Å². The van der Waals surface area contributed by atoms with Gasteiger partial charge in [-0.05, 0) is 29.2 Å². The first-order chi connectivity index (χ1) is 8.40. The highest BCUT2D eigenvalue weighted by molar-refractivity contribution is 5.86. The molecule has 0 atom stereocenters. The van der Waals surface area contributed by atoms with Crippen molar-refractivity contribution in [1.29, 1.82) is 0 Å². The van der Waals surface area contributed by atoms with Crippen LogP contribution in [0.4, 0.5) is 0 Å². The van der Waals surface area contributed by atoms with Crippen molar-refractivity contribution in [2.45, 2.75) is 6.42 Å². The summed E-state index contributed by atoms with van der Waals surface area (Å²) in [6.45, 7) is 0. The molecule has 0 amide bonds. The van der Waals surface area contributed by atoms with E-state index in [1.165, 1.54) is 22.3 Å². The number of allylic oxidation sites excluding steroid dienone is 1. The van der Waals surface area contributed by atoms with Gasteiger partial charge in [0.15, 0.2) is 0 Å². The van der Waals surface area contributed by atoms with Crippen LogP contribution in [0.2, 0.25) is 0 Å². The molecule has 0 heterocycles. The first kappa shape index (κ1) is 10.2. The van der Waals surface area contributed by atoms with Gasteiger partial charge in [-0.3, -0.25) is 0 Å². The Morgan fingerprint density at radius 3 is 2.41 bits per heavy atom. The van der Waals surface area contributed by atoms with Crippen LogP contribution in [0, 0.1) is 0 Å². The molecule has 2 aromatic rings. The Labute approximate surface area is 101 Å². The van der Waals surface area contributed by atoms with Gasteiger partial charge in [0.2, 0.25) is 0 Å². The second-order valence-corrected chi connectivity index (χ2v) is 4.18. The molecule has 0 radical (unpaired) electrons. The van der Waals surface area contributed by atoms with E-state index in [0.717, 1.165) is 12.2 Å². The normalized spacial score (nSPS) is 13.1. The Balaban J connectivity index is 2.13. The van der Waals surface area contributed by atoms with Crippen LogP contribution in [-0.2, 0) is 6.42 Å². The van der Waals surface area contributed by atoms with Gasteiger partial charge in [0.25, 0.3) is 0 Å². The lowest BCUT2D eigenvalue weighted by atomic mass is 9.98. The third kappa shape index (κ3) is 1.64. The van der Waals surface area contributed by atoms with Crippen molar-refractivity contribution in [2.75, 3.05) is 7.11 Å². The van der Waals surface area contributed by atoms with Gasteiger partial charge in [-0.1, -0.05) is 48.5 Å². The summed E-state index contributed by atoms with van der Waals surface area (Å²) in [4.78, 5) is 0. The molecule has 2 aromatic carbocycles. The smallest absolute Gasteiger partial charge is 0.126 e. The second-order valence-electron chi connectivity index (χ2n) is 4.18. The summed E-state index contributed by atoms with van der Waals surface area (Å²) in [6.07, 6.45) is 3.30. The molecule has 0 bridgehead atoms. The number of ether oxygens (including phenoxy) is 1. The van der Waals surface area contributed by atoms with Crippen molar-refractivity contribution in [2.24, 2.45) is 0 Å². The van der Waals surface area contributed by atoms with Gasteiger partial charge < -0.3 is 4.74 Å². The number of fused-ring (bicyclic) bond motifs is 1. The zero-order valence-electron chi connectivity index (χ0n) is 9.81. The zero-order chi connectivity index (χ0) is 11.7. The second kappa shape index (κ2) is 4.10. The molecule has 0 spiro atoms. The molecule has 84 valence electrons. The molecule has 0 fully saturated rings. The average Bonchev–Trinajstić information content (AvgIpc) is 2.82. The fourth-order valence-corrected chi connectivity index (χ4v) is 2.41. The maximum atomic E-state index is 5.43. The Morgan fingerprint density at radius 1 is 0.882 bits per heavy atom. The highest BCUT2D eigenvalue weighted by Crippen LogP contribution is 2.36. The SMILES string of the molecule is COc1ccccc1C1=CCc2ccccc21. The first-order valence-corrected chi connectivity index (χ1v) is 5.82. The van der Waals surface area contributed by atoms with Crippen molar-refractivity contribution in [3.8, 4) is 5.75 Å². The molecule has 3 rings (SSSR count). The van der Waals surface area contributed by atoms with Crippen LogP contribution in [0.1, 0.15) is 16.7 Å². The summed E-state index contributed by atoms with van der Waals surface area (Å²) in [5, 5.41) is 0. The summed E-state index contributed by atoms with van der Waals surface area (Å²) >= 11 is 0. The summed E-state index contributed by atoms with van der Waals surface area (Å²) in [5.74, 6) is 0.940. The molecular formula is C16H14O. The Bertz CT molecular complexity index is 582. The van der Waals surface area contributed by atoms with E-state index in [1.807, 2.05) is 12.1 Å². The molecule has 0 aliphatic heterocycles. The predicted octanol–water partition coefficient (Wildman–Crippen LogP) is 3.68. The van der Waals surface area contributed by atoms with E-state index in [2.05, 4.69) is 42.5 Å². The van der Waals surface area contributed by atoms with Crippen LogP contribution >= 0.6 is 0 Å². The fraction of sp³-hybridized carbons (Fsp3) is 0.125. The molecule has 1 aliphatic carbocycles. The third-order valence-corrected chi connectivity index (χ3v) is 3.23. The lowest BCUT2D eigenvalue weighted by Gasteiger charge is -2.10. The largest absolute Gasteiger partial charge is 0.496 e. The number of hydrogen-bond donors (Lipinski definition) is 0. The highest BCUT2D eigenvalue weighted by atomic mass is 16.5. The minimum Gasteiger partial charge on any atom is -0.496 e. The first-order valence-electron chi connectivity index (χ1n) is 5.82. The lowest BCUT2D eigenvalue weighted by Crippen LogP contribution is -1.91. The quantitative estimate of drug-likeness (QED) is 0.753. The van der Waals surface area contributed by atoms with Gasteiger partial charge in [-0.2, -0.15) is 0 Å². The Hall–Kier alpha value is -2.02. The third-order valence-electron chi connectivity index (χ3n) is 3.23. The minimum absolute atomic E-state index is 0.940. The van der Waals surface area contributed by atoms with E-state index in [1.54, 1.807) is 7.11 Å². The van der Waals surface area contributed by atoms with E-state index < -0.39 is 0 Å². The number of benzene rings is 2.